The fourth-order valence-electron chi connectivity index (χ4n) is 2.72. The second-order valence-corrected chi connectivity index (χ2v) is 6.13. The average Bonchev–Trinajstić information content (AvgIpc) is 2.44. The van der Waals surface area contributed by atoms with E-state index < -0.39 is 0 Å². The van der Waals surface area contributed by atoms with Gasteiger partial charge in [0.1, 0.15) is 0 Å². The van der Waals surface area contributed by atoms with E-state index in [9.17, 15) is 0 Å². The number of hydrogen-bond acceptors (Lipinski definition) is 1. The molecule has 0 aromatic heterocycles. The number of rotatable bonds is 6. The van der Waals surface area contributed by atoms with Crippen LogP contribution in [-0.2, 0) is 6.42 Å². The number of hydrogen-bond donors (Lipinski definition) is 1. The first-order chi connectivity index (χ1) is 10.1. The second kappa shape index (κ2) is 7.63. The fraction of sp³-hybridized carbons (Fsp3) is 0.368. The zero-order valence-electron chi connectivity index (χ0n) is 13.1. The molecule has 0 aliphatic heterocycles. The van der Waals surface area contributed by atoms with Crippen LogP contribution in [0.4, 0.5) is 0 Å². The SMILES string of the molecule is CCCNC(Cc1ccccc1Cl)c1cc(C)cc(C)c1. The van der Waals surface area contributed by atoms with E-state index >= 15 is 0 Å². The van der Waals surface area contributed by atoms with Gasteiger partial charge in [-0.05, 0) is 50.4 Å². The van der Waals surface area contributed by atoms with Gasteiger partial charge in [-0.25, -0.2) is 0 Å². The Balaban J connectivity index is 2.27. The van der Waals surface area contributed by atoms with Crippen LogP contribution in [0.1, 0.15) is 41.6 Å². The van der Waals surface area contributed by atoms with Gasteiger partial charge in [0.05, 0.1) is 0 Å². The third-order valence-corrected chi connectivity index (χ3v) is 4.04. The van der Waals surface area contributed by atoms with Gasteiger partial charge in [-0.2, -0.15) is 0 Å². The summed E-state index contributed by atoms with van der Waals surface area (Å²) in [4.78, 5) is 0. The predicted octanol–water partition coefficient (Wildman–Crippen LogP) is 5.24. The van der Waals surface area contributed by atoms with Gasteiger partial charge in [0.25, 0.3) is 0 Å². The summed E-state index contributed by atoms with van der Waals surface area (Å²) < 4.78 is 0. The van der Waals surface area contributed by atoms with Gasteiger partial charge >= 0.3 is 0 Å². The van der Waals surface area contributed by atoms with E-state index in [0.29, 0.717) is 6.04 Å². The third-order valence-electron chi connectivity index (χ3n) is 3.67. The maximum absolute atomic E-state index is 6.32. The lowest BCUT2D eigenvalue weighted by Crippen LogP contribution is -2.24. The summed E-state index contributed by atoms with van der Waals surface area (Å²) in [6, 6.07) is 15.2. The Labute approximate surface area is 133 Å². The fourth-order valence-corrected chi connectivity index (χ4v) is 2.93. The highest BCUT2D eigenvalue weighted by molar-refractivity contribution is 6.31. The van der Waals surface area contributed by atoms with Gasteiger partial charge in [-0.3, -0.25) is 0 Å². The molecule has 1 N–H and O–H groups in total. The Morgan fingerprint density at radius 3 is 2.33 bits per heavy atom. The van der Waals surface area contributed by atoms with Crippen molar-refractivity contribution in [3.63, 3.8) is 0 Å². The lowest BCUT2D eigenvalue weighted by Gasteiger charge is -2.21. The number of halogens is 1. The van der Waals surface area contributed by atoms with Crippen LogP contribution in [-0.4, -0.2) is 6.54 Å². The number of nitrogens with one attached hydrogen (secondary N) is 1. The van der Waals surface area contributed by atoms with Crippen LogP contribution >= 0.6 is 11.6 Å². The molecule has 0 saturated carbocycles. The molecule has 21 heavy (non-hydrogen) atoms. The van der Waals surface area contributed by atoms with E-state index in [-0.39, 0.29) is 0 Å². The van der Waals surface area contributed by atoms with Crippen LogP contribution in [0, 0.1) is 13.8 Å². The number of benzene rings is 2. The molecule has 1 unspecified atom stereocenters. The molecule has 1 nitrogen and oxygen atoms in total. The summed E-state index contributed by atoms with van der Waals surface area (Å²) in [5, 5.41) is 4.51. The Morgan fingerprint density at radius 1 is 1.05 bits per heavy atom. The number of aryl methyl sites for hydroxylation is 2. The Morgan fingerprint density at radius 2 is 1.71 bits per heavy atom. The summed E-state index contributed by atoms with van der Waals surface area (Å²) in [5.74, 6) is 0. The first-order valence-corrected chi connectivity index (χ1v) is 8.03. The Kier molecular flexibility index (Phi) is 5.84. The van der Waals surface area contributed by atoms with Crippen molar-refractivity contribution in [3.8, 4) is 0 Å². The molecule has 2 heteroatoms. The molecule has 0 aliphatic carbocycles. The van der Waals surface area contributed by atoms with Crippen molar-refractivity contribution in [2.75, 3.05) is 6.54 Å². The highest BCUT2D eigenvalue weighted by Crippen LogP contribution is 2.25. The van der Waals surface area contributed by atoms with E-state index in [1.165, 1.54) is 22.3 Å². The summed E-state index contributed by atoms with van der Waals surface area (Å²) in [5.41, 5.74) is 5.17. The van der Waals surface area contributed by atoms with Crippen LogP contribution in [0.25, 0.3) is 0 Å². The largest absolute Gasteiger partial charge is 0.310 e. The minimum absolute atomic E-state index is 0.309. The topological polar surface area (TPSA) is 12.0 Å². The Bertz CT molecular complexity index is 572. The molecular formula is C19H24ClN. The van der Waals surface area contributed by atoms with Crippen LogP contribution in [0.3, 0.4) is 0 Å². The quantitative estimate of drug-likeness (QED) is 0.769. The molecule has 2 rings (SSSR count). The zero-order valence-corrected chi connectivity index (χ0v) is 13.9. The zero-order chi connectivity index (χ0) is 15.2. The van der Waals surface area contributed by atoms with Crippen molar-refractivity contribution in [2.24, 2.45) is 0 Å². The Hall–Kier alpha value is -1.31. The molecule has 0 bridgehead atoms. The molecule has 2 aromatic rings. The normalized spacial score (nSPS) is 12.4. The molecule has 2 aromatic carbocycles. The summed E-state index contributed by atoms with van der Waals surface area (Å²) >= 11 is 6.32. The van der Waals surface area contributed by atoms with Crippen LogP contribution in [0.15, 0.2) is 42.5 Å². The van der Waals surface area contributed by atoms with E-state index in [0.717, 1.165) is 24.4 Å². The molecule has 0 aliphatic rings. The highest BCUT2D eigenvalue weighted by atomic mass is 35.5. The van der Waals surface area contributed by atoms with E-state index in [4.69, 9.17) is 11.6 Å². The average molecular weight is 302 g/mol. The molecule has 0 heterocycles. The second-order valence-electron chi connectivity index (χ2n) is 5.72. The first kappa shape index (κ1) is 16.1. The monoisotopic (exact) mass is 301 g/mol. The van der Waals surface area contributed by atoms with E-state index in [1.54, 1.807) is 0 Å². The summed E-state index contributed by atoms with van der Waals surface area (Å²) in [6.45, 7) is 7.52. The molecule has 0 fully saturated rings. The van der Waals surface area contributed by atoms with Crippen LogP contribution < -0.4 is 5.32 Å². The summed E-state index contributed by atoms with van der Waals surface area (Å²) in [7, 11) is 0. The smallest absolute Gasteiger partial charge is 0.0438 e. The van der Waals surface area contributed by atoms with Crippen LogP contribution in [0.5, 0.6) is 0 Å². The molecule has 1 atom stereocenters. The standard InChI is InChI=1S/C19H24ClN/c1-4-9-21-19(13-16-7-5-6-8-18(16)20)17-11-14(2)10-15(3)12-17/h5-8,10-12,19,21H,4,9,13H2,1-3H3. The molecule has 0 saturated heterocycles. The molecule has 0 radical (unpaired) electrons. The third kappa shape index (κ3) is 4.59. The van der Waals surface area contributed by atoms with Crippen molar-refractivity contribution < 1.29 is 0 Å². The van der Waals surface area contributed by atoms with Crippen molar-refractivity contribution in [2.45, 2.75) is 39.7 Å². The van der Waals surface area contributed by atoms with Crippen LogP contribution in [0.2, 0.25) is 5.02 Å². The maximum atomic E-state index is 6.32. The molecule has 112 valence electrons. The molecule has 0 amide bonds. The lowest BCUT2D eigenvalue weighted by atomic mass is 9.95. The minimum Gasteiger partial charge on any atom is -0.310 e. The first-order valence-electron chi connectivity index (χ1n) is 7.65. The van der Waals surface area contributed by atoms with Crippen molar-refractivity contribution in [1.29, 1.82) is 0 Å². The van der Waals surface area contributed by atoms with E-state index in [2.05, 4.69) is 56.4 Å². The molecule has 0 spiro atoms. The van der Waals surface area contributed by atoms with Gasteiger partial charge in [0.2, 0.25) is 0 Å². The van der Waals surface area contributed by atoms with Gasteiger partial charge in [-0.1, -0.05) is 66.0 Å². The lowest BCUT2D eigenvalue weighted by molar-refractivity contribution is 0.529. The van der Waals surface area contributed by atoms with E-state index in [1.807, 2.05) is 12.1 Å². The van der Waals surface area contributed by atoms with Crippen molar-refractivity contribution in [1.82, 2.24) is 5.32 Å². The van der Waals surface area contributed by atoms with Gasteiger partial charge in [0, 0.05) is 11.1 Å². The van der Waals surface area contributed by atoms with Gasteiger partial charge < -0.3 is 5.32 Å². The highest BCUT2D eigenvalue weighted by Gasteiger charge is 2.14. The van der Waals surface area contributed by atoms with Gasteiger partial charge in [-0.15, -0.1) is 0 Å². The van der Waals surface area contributed by atoms with Crippen molar-refractivity contribution >= 4 is 11.6 Å². The maximum Gasteiger partial charge on any atom is 0.0438 e. The van der Waals surface area contributed by atoms with Gasteiger partial charge in [0.15, 0.2) is 0 Å². The summed E-state index contributed by atoms with van der Waals surface area (Å²) in [6.07, 6.45) is 2.05. The van der Waals surface area contributed by atoms with Crippen molar-refractivity contribution in [3.05, 3.63) is 69.7 Å². The molecular weight excluding hydrogens is 278 g/mol. The minimum atomic E-state index is 0.309. The predicted molar refractivity (Wildman–Crippen MR) is 92.1 cm³/mol.